The lowest BCUT2D eigenvalue weighted by Gasteiger charge is -2.20. The van der Waals surface area contributed by atoms with Gasteiger partial charge in [0.2, 0.25) is 0 Å². The van der Waals surface area contributed by atoms with Crippen molar-refractivity contribution in [2.75, 3.05) is 13.2 Å². The van der Waals surface area contributed by atoms with Crippen LogP contribution in [0.1, 0.15) is 17.2 Å². The van der Waals surface area contributed by atoms with E-state index in [1.165, 1.54) is 10.8 Å². The van der Waals surface area contributed by atoms with Gasteiger partial charge in [-0.05, 0) is 30.2 Å². The first-order valence-corrected chi connectivity index (χ1v) is 6.74. The van der Waals surface area contributed by atoms with E-state index in [9.17, 15) is 9.90 Å². The third-order valence-electron chi connectivity index (χ3n) is 3.30. The molecule has 2 heterocycles. The molecule has 0 bridgehead atoms. The highest BCUT2D eigenvalue weighted by Gasteiger charge is 2.16. The Balaban J connectivity index is 1.83. The number of aliphatic hydroxyl groups excluding tert-OH is 1. The Labute approximate surface area is 121 Å². The molecule has 1 aliphatic heterocycles. The molecule has 2 aromatic rings. The van der Waals surface area contributed by atoms with E-state index >= 15 is 0 Å². The summed E-state index contributed by atoms with van der Waals surface area (Å²) in [6.07, 6.45) is 2.37. The standard InChI is InChI=1S/C15H16N2O4/c1-10-7-16-15(19)17(8-10)9-12(18)11-2-3-13-14(6-11)21-5-4-20-13/h2-3,6-8,12,18H,4-5,9H2,1H3. The fourth-order valence-electron chi connectivity index (χ4n) is 2.26. The molecular weight excluding hydrogens is 272 g/mol. The Hall–Kier alpha value is -2.34. The van der Waals surface area contributed by atoms with Gasteiger partial charge >= 0.3 is 5.69 Å². The molecule has 0 saturated carbocycles. The predicted octanol–water partition coefficient (Wildman–Crippen LogP) is 1.06. The van der Waals surface area contributed by atoms with E-state index in [1.54, 1.807) is 24.4 Å². The normalized spacial score (nSPS) is 14.8. The van der Waals surface area contributed by atoms with Crippen molar-refractivity contribution < 1.29 is 14.6 Å². The molecule has 0 amide bonds. The van der Waals surface area contributed by atoms with Crippen LogP contribution in [0.3, 0.4) is 0 Å². The van der Waals surface area contributed by atoms with Crippen molar-refractivity contribution in [3.05, 3.63) is 52.2 Å². The van der Waals surface area contributed by atoms with E-state index in [0.29, 0.717) is 30.3 Å². The third kappa shape index (κ3) is 2.90. The SMILES string of the molecule is Cc1cnc(=O)n(CC(O)c2ccc3c(c2)OCCO3)c1. The molecule has 6 nitrogen and oxygen atoms in total. The van der Waals surface area contributed by atoms with Gasteiger partial charge in [0, 0.05) is 12.4 Å². The molecular formula is C15H16N2O4. The Bertz CT molecular complexity index is 711. The zero-order valence-corrected chi connectivity index (χ0v) is 11.7. The van der Waals surface area contributed by atoms with Gasteiger partial charge in [0.05, 0.1) is 12.6 Å². The maximum Gasteiger partial charge on any atom is 0.347 e. The Morgan fingerprint density at radius 3 is 2.90 bits per heavy atom. The Morgan fingerprint density at radius 2 is 2.10 bits per heavy atom. The second-order valence-corrected chi connectivity index (χ2v) is 4.99. The van der Waals surface area contributed by atoms with E-state index in [-0.39, 0.29) is 12.2 Å². The summed E-state index contributed by atoms with van der Waals surface area (Å²) in [5.74, 6) is 1.29. The van der Waals surface area contributed by atoms with Crippen molar-refractivity contribution in [2.24, 2.45) is 0 Å². The number of benzene rings is 1. The lowest BCUT2D eigenvalue weighted by Crippen LogP contribution is -2.25. The number of aryl methyl sites for hydroxylation is 1. The summed E-state index contributed by atoms with van der Waals surface area (Å²) in [5.41, 5.74) is 1.16. The topological polar surface area (TPSA) is 73.6 Å². The first kappa shape index (κ1) is 13.6. The van der Waals surface area contributed by atoms with Gasteiger partial charge in [-0.1, -0.05) is 6.07 Å². The summed E-state index contributed by atoms with van der Waals surface area (Å²) in [6.45, 7) is 3.01. The average Bonchev–Trinajstić information content (AvgIpc) is 2.50. The van der Waals surface area contributed by atoms with Gasteiger partial charge in [-0.2, -0.15) is 0 Å². The van der Waals surface area contributed by atoms with Gasteiger partial charge < -0.3 is 14.6 Å². The Morgan fingerprint density at radius 1 is 1.33 bits per heavy atom. The third-order valence-corrected chi connectivity index (χ3v) is 3.30. The highest BCUT2D eigenvalue weighted by atomic mass is 16.6. The number of ether oxygens (including phenoxy) is 2. The van der Waals surface area contributed by atoms with Crippen LogP contribution < -0.4 is 15.2 Å². The summed E-state index contributed by atoms with van der Waals surface area (Å²) in [4.78, 5) is 15.4. The number of hydrogen-bond acceptors (Lipinski definition) is 5. The van der Waals surface area contributed by atoms with Crippen LogP contribution in [0.2, 0.25) is 0 Å². The zero-order chi connectivity index (χ0) is 14.8. The summed E-state index contributed by atoms with van der Waals surface area (Å²) < 4.78 is 12.3. The number of aromatic nitrogens is 2. The van der Waals surface area contributed by atoms with E-state index in [0.717, 1.165) is 5.56 Å². The van der Waals surface area contributed by atoms with Crippen LogP contribution >= 0.6 is 0 Å². The molecule has 1 aromatic heterocycles. The van der Waals surface area contributed by atoms with Crippen LogP contribution in [0, 0.1) is 6.92 Å². The molecule has 0 spiro atoms. The molecule has 3 rings (SSSR count). The highest BCUT2D eigenvalue weighted by molar-refractivity contribution is 5.44. The second kappa shape index (κ2) is 5.57. The van der Waals surface area contributed by atoms with Gasteiger partial charge in [0.1, 0.15) is 13.2 Å². The number of fused-ring (bicyclic) bond motifs is 1. The van der Waals surface area contributed by atoms with Crippen molar-refractivity contribution in [3.8, 4) is 11.5 Å². The van der Waals surface area contributed by atoms with Crippen molar-refractivity contribution in [1.82, 2.24) is 9.55 Å². The molecule has 110 valence electrons. The monoisotopic (exact) mass is 288 g/mol. The number of nitrogens with zero attached hydrogens (tertiary/aromatic N) is 2. The molecule has 1 aliphatic rings. The van der Waals surface area contributed by atoms with Gasteiger partial charge in [0.25, 0.3) is 0 Å². The van der Waals surface area contributed by atoms with Crippen LogP contribution in [0.15, 0.2) is 35.4 Å². The van der Waals surface area contributed by atoms with Gasteiger partial charge in [-0.3, -0.25) is 4.57 Å². The fourth-order valence-corrected chi connectivity index (χ4v) is 2.26. The maximum absolute atomic E-state index is 11.7. The molecule has 0 aliphatic carbocycles. The van der Waals surface area contributed by atoms with Gasteiger partial charge in [-0.15, -0.1) is 0 Å². The van der Waals surface area contributed by atoms with Gasteiger partial charge in [0.15, 0.2) is 11.5 Å². The minimum Gasteiger partial charge on any atom is -0.486 e. The van der Waals surface area contributed by atoms with Gasteiger partial charge in [-0.25, -0.2) is 9.78 Å². The van der Waals surface area contributed by atoms with Crippen LogP contribution in [0.5, 0.6) is 11.5 Å². The van der Waals surface area contributed by atoms with Crippen molar-refractivity contribution in [3.63, 3.8) is 0 Å². The molecule has 1 atom stereocenters. The van der Waals surface area contributed by atoms with E-state index in [4.69, 9.17) is 9.47 Å². The summed E-state index contributed by atoms with van der Waals surface area (Å²) in [7, 11) is 0. The summed E-state index contributed by atoms with van der Waals surface area (Å²) in [6, 6.07) is 5.28. The molecule has 6 heteroatoms. The molecule has 1 unspecified atom stereocenters. The van der Waals surface area contributed by atoms with Crippen molar-refractivity contribution in [1.29, 1.82) is 0 Å². The lowest BCUT2D eigenvalue weighted by molar-refractivity contribution is 0.150. The highest BCUT2D eigenvalue weighted by Crippen LogP contribution is 2.32. The van der Waals surface area contributed by atoms with Crippen LogP contribution in [-0.2, 0) is 6.54 Å². The van der Waals surface area contributed by atoms with E-state index in [2.05, 4.69) is 4.98 Å². The molecule has 1 N–H and O–H groups in total. The molecule has 0 radical (unpaired) electrons. The van der Waals surface area contributed by atoms with Crippen molar-refractivity contribution >= 4 is 0 Å². The molecule has 0 fully saturated rings. The fraction of sp³-hybridized carbons (Fsp3) is 0.333. The van der Waals surface area contributed by atoms with E-state index in [1.807, 2.05) is 6.92 Å². The largest absolute Gasteiger partial charge is 0.486 e. The predicted molar refractivity (Wildman–Crippen MR) is 75.6 cm³/mol. The maximum atomic E-state index is 11.7. The number of hydrogen-bond donors (Lipinski definition) is 1. The summed E-state index contributed by atoms with van der Waals surface area (Å²) in [5, 5.41) is 10.3. The minimum absolute atomic E-state index is 0.146. The minimum atomic E-state index is -0.817. The smallest absolute Gasteiger partial charge is 0.347 e. The number of aliphatic hydroxyl groups is 1. The Kier molecular flexibility index (Phi) is 3.62. The average molecular weight is 288 g/mol. The number of rotatable bonds is 3. The molecule has 21 heavy (non-hydrogen) atoms. The van der Waals surface area contributed by atoms with Crippen LogP contribution in [0.4, 0.5) is 0 Å². The second-order valence-electron chi connectivity index (χ2n) is 4.99. The first-order chi connectivity index (χ1) is 10.1. The van der Waals surface area contributed by atoms with Crippen LogP contribution in [0.25, 0.3) is 0 Å². The van der Waals surface area contributed by atoms with Crippen LogP contribution in [-0.4, -0.2) is 27.9 Å². The molecule has 1 aromatic carbocycles. The lowest BCUT2D eigenvalue weighted by atomic mass is 10.1. The van der Waals surface area contributed by atoms with Crippen molar-refractivity contribution in [2.45, 2.75) is 19.6 Å². The first-order valence-electron chi connectivity index (χ1n) is 6.74. The zero-order valence-electron chi connectivity index (χ0n) is 11.7. The quantitative estimate of drug-likeness (QED) is 0.914. The summed E-state index contributed by atoms with van der Waals surface area (Å²) >= 11 is 0. The van der Waals surface area contributed by atoms with E-state index < -0.39 is 6.10 Å². The molecule has 0 saturated heterocycles.